The second-order valence-electron chi connectivity index (χ2n) is 8.52. The molecule has 0 radical (unpaired) electrons. The van der Waals surface area contributed by atoms with Crippen LogP contribution in [0.25, 0.3) is 0 Å². The Kier molecular flexibility index (Phi) is 6.67. The fourth-order valence-corrected chi connectivity index (χ4v) is 6.01. The first-order chi connectivity index (χ1) is 14.9. The molecule has 2 aliphatic heterocycles. The Bertz CT molecular complexity index is 997. The van der Waals surface area contributed by atoms with Crippen molar-refractivity contribution >= 4 is 15.9 Å². The third-order valence-corrected chi connectivity index (χ3v) is 8.05. The molecule has 0 N–H and O–H groups in total. The third-order valence-electron chi connectivity index (χ3n) is 6.19. The molecule has 2 aliphatic rings. The molecule has 1 amide bonds. The largest absolute Gasteiger partial charge is 0.493 e. The van der Waals surface area contributed by atoms with Crippen molar-refractivity contribution in [3.05, 3.63) is 48.3 Å². The highest BCUT2D eigenvalue weighted by Crippen LogP contribution is 2.25. The molecule has 31 heavy (non-hydrogen) atoms. The number of piperidine rings is 2. The summed E-state index contributed by atoms with van der Waals surface area (Å²) in [7, 11) is -1.82. The van der Waals surface area contributed by atoms with Crippen LogP contribution in [0.2, 0.25) is 0 Å². The highest BCUT2D eigenvalue weighted by Gasteiger charge is 2.31. The monoisotopic (exact) mass is 445 g/mol. The van der Waals surface area contributed by atoms with E-state index in [0.29, 0.717) is 38.5 Å². The summed E-state index contributed by atoms with van der Waals surface area (Å²) in [5.41, 5.74) is 0.417. The zero-order chi connectivity index (χ0) is 21.8. The van der Waals surface area contributed by atoms with Gasteiger partial charge in [-0.1, -0.05) is 24.6 Å². The Labute approximate surface area is 184 Å². The molecule has 7 nitrogen and oxygen atoms in total. The molecule has 3 heterocycles. The van der Waals surface area contributed by atoms with Crippen LogP contribution >= 0.6 is 0 Å². The molecule has 0 aliphatic carbocycles. The Morgan fingerprint density at radius 2 is 1.81 bits per heavy atom. The molecule has 1 aromatic heterocycles. The second-order valence-corrected chi connectivity index (χ2v) is 10.5. The summed E-state index contributed by atoms with van der Waals surface area (Å²) < 4.78 is 35.1. The van der Waals surface area contributed by atoms with E-state index in [9.17, 15) is 13.2 Å². The Morgan fingerprint density at radius 3 is 2.55 bits per heavy atom. The number of hydrogen-bond acceptors (Lipinski definition) is 4. The van der Waals surface area contributed by atoms with Gasteiger partial charge in [-0.15, -0.1) is 0 Å². The van der Waals surface area contributed by atoms with Crippen molar-refractivity contribution in [3.63, 3.8) is 0 Å². The summed E-state index contributed by atoms with van der Waals surface area (Å²) in [5, 5.41) is 0. The standard InChI is InChI=1S/C23H31N3O4S/c1-24-17-21(31(28,29)26-13-6-3-7-14-26)15-22(24)23(27)25-12-8-9-19(16-25)18-30-20-10-4-2-5-11-20/h2,4-5,10-11,15,17,19H,3,6-9,12-14,16,18H2,1H3. The lowest BCUT2D eigenvalue weighted by molar-refractivity contribution is 0.0624. The van der Waals surface area contributed by atoms with Gasteiger partial charge in [0.15, 0.2) is 0 Å². The highest BCUT2D eigenvalue weighted by molar-refractivity contribution is 7.89. The van der Waals surface area contributed by atoms with Crippen LogP contribution in [0, 0.1) is 5.92 Å². The van der Waals surface area contributed by atoms with Crippen molar-refractivity contribution in [2.75, 3.05) is 32.8 Å². The fraction of sp³-hybridized carbons (Fsp3) is 0.522. The van der Waals surface area contributed by atoms with E-state index in [2.05, 4.69) is 0 Å². The molecule has 0 spiro atoms. The normalized spacial score (nSPS) is 20.5. The molecule has 0 saturated carbocycles. The number of para-hydroxylation sites is 1. The number of rotatable bonds is 6. The molecule has 2 fully saturated rings. The van der Waals surface area contributed by atoms with E-state index >= 15 is 0 Å². The minimum absolute atomic E-state index is 0.119. The minimum atomic E-state index is -3.56. The maximum Gasteiger partial charge on any atom is 0.270 e. The lowest BCUT2D eigenvalue weighted by Gasteiger charge is -2.32. The van der Waals surface area contributed by atoms with Gasteiger partial charge >= 0.3 is 0 Å². The zero-order valence-corrected chi connectivity index (χ0v) is 18.9. The van der Waals surface area contributed by atoms with Crippen LogP contribution in [0.4, 0.5) is 0 Å². The van der Waals surface area contributed by atoms with Crippen molar-refractivity contribution in [1.29, 1.82) is 0 Å². The van der Waals surface area contributed by atoms with Crippen molar-refractivity contribution in [2.45, 2.75) is 37.0 Å². The van der Waals surface area contributed by atoms with E-state index in [1.807, 2.05) is 35.2 Å². The lowest BCUT2D eigenvalue weighted by Crippen LogP contribution is -2.42. The first kappa shape index (κ1) is 21.9. The van der Waals surface area contributed by atoms with Crippen LogP contribution in [0.1, 0.15) is 42.6 Å². The molecule has 0 bridgehead atoms. The van der Waals surface area contributed by atoms with Gasteiger partial charge in [0.25, 0.3) is 5.91 Å². The number of sulfonamides is 1. The van der Waals surface area contributed by atoms with Crippen LogP contribution in [-0.2, 0) is 17.1 Å². The van der Waals surface area contributed by atoms with Crippen LogP contribution in [0.15, 0.2) is 47.5 Å². The van der Waals surface area contributed by atoms with Gasteiger partial charge in [-0.25, -0.2) is 8.42 Å². The summed E-state index contributed by atoms with van der Waals surface area (Å²) in [5.74, 6) is 0.975. The number of carbonyl (C=O) groups excluding carboxylic acids is 1. The SMILES string of the molecule is Cn1cc(S(=O)(=O)N2CCCCC2)cc1C(=O)N1CCCC(COc2ccccc2)C1. The van der Waals surface area contributed by atoms with Gasteiger partial charge in [-0.3, -0.25) is 4.79 Å². The number of hydrogen-bond donors (Lipinski definition) is 0. The van der Waals surface area contributed by atoms with Gasteiger partial charge in [0.2, 0.25) is 10.0 Å². The number of carbonyl (C=O) groups is 1. The average molecular weight is 446 g/mol. The van der Waals surface area contributed by atoms with Gasteiger partial charge < -0.3 is 14.2 Å². The first-order valence-electron chi connectivity index (χ1n) is 11.1. The predicted molar refractivity (Wildman–Crippen MR) is 119 cm³/mol. The number of benzene rings is 1. The molecule has 1 atom stereocenters. The van der Waals surface area contributed by atoms with Crippen molar-refractivity contribution in [2.24, 2.45) is 13.0 Å². The zero-order valence-electron chi connectivity index (χ0n) is 18.1. The van der Waals surface area contributed by atoms with Gasteiger partial charge in [0, 0.05) is 45.3 Å². The summed E-state index contributed by atoms with van der Waals surface area (Å²) in [6.45, 7) is 2.96. The molecule has 8 heteroatoms. The van der Waals surface area contributed by atoms with Crippen molar-refractivity contribution in [1.82, 2.24) is 13.8 Å². The summed E-state index contributed by atoms with van der Waals surface area (Å²) in [4.78, 5) is 15.3. The maximum absolute atomic E-state index is 13.2. The topological polar surface area (TPSA) is 71.9 Å². The van der Waals surface area contributed by atoms with Crippen LogP contribution in [0.5, 0.6) is 5.75 Å². The molecule has 168 valence electrons. The van der Waals surface area contributed by atoms with Crippen LogP contribution in [0.3, 0.4) is 0 Å². The van der Waals surface area contributed by atoms with E-state index in [4.69, 9.17) is 4.74 Å². The van der Waals surface area contributed by atoms with E-state index < -0.39 is 10.0 Å². The van der Waals surface area contributed by atoms with Gasteiger partial charge in [0.1, 0.15) is 16.3 Å². The highest BCUT2D eigenvalue weighted by atomic mass is 32.2. The van der Waals surface area contributed by atoms with Crippen molar-refractivity contribution < 1.29 is 17.9 Å². The molecule has 2 saturated heterocycles. The Balaban J connectivity index is 1.43. The summed E-state index contributed by atoms with van der Waals surface area (Å²) in [6, 6.07) is 11.2. The van der Waals surface area contributed by atoms with Crippen molar-refractivity contribution in [3.8, 4) is 5.75 Å². The molecule has 1 unspecified atom stereocenters. The summed E-state index contributed by atoms with van der Waals surface area (Å²) >= 11 is 0. The number of ether oxygens (including phenoxy) is 1. The van der Waals surface area contributed by atoms with E-state index in [-0.39, 0.29) is 16.7 Å². The van der Waals surface area contributed by atoms with E-state index in [1.54, 1.807) is 17.8 Å². The number of likely N-dealkylation sites (tertiary alicyclic amines) is 1. The fourth-order valence-electron chi connectivity index (χ4n) is 4.42. The number of aryl methyl sites for hydroxylation is 1. The quantitative estimate of drug-likeness (QED) is 0.685. The molecule has 4 rings (SSSR count). The number of nitrogens with zero attached hydrogens (tertiary/aromatic N) is 3. The lowest BCUT2D eigenvalue weighted by atomic mass is 9.98. The number of aromatic nitrogens is 1. The molecule has 1 aromatic carbocycles. The average Bonchev–Trinajstić information content (AvgIpc) is 3.21. The van der Waals surface area contributed by atoms with Crippen LogP contribution in [-0.4, -0.2) is 60.9 Å². The summed E-state index contributed by atoms with van der Waals surface area (Å²) in [6.07, 6.45) is 6.33. The predicted octanol–water partition coefficient (Wildman–Crippen LogP) is 3.13. The third kappa shape index (κ3) is 4.96. The second kappa shape index (κ2) is 9.44. The molecular weight excluding hydrogens is 414 g/mol. The first-order valence-corrected chi connectivity index (χ1v) is 12.5. The van der Waals surface area contributed by atoms with Gasteiger partial charge in [-0.05, 0) is 43.9 Å². The van der Waals surface area contributed by atoms with E-state index in [1.165, 1.54) is 10.4 Å². The van der Waals surface area contributed by atoms with Gasteiger partial charge in [0.05, 0.1) is 6.61 Å². The Morgan fingerprint density at radius 1 is 1.06 bits per heavy atom. The smallest absolute Gasteiger partial charge is 0.270 e. The maximum atomic E-state index is 13.2. The number of amides is 1. The molecular formula is C23H31N3O4S. The minimum Gasteiger partial charge on any atom is -0.493 e. The van der Waals surface area contributed by atoms with Crippen LogP contribution < -0.4 is 4.74 Å². The van der Waals surface area contributed by atoms with Gasteiger partial charge in [-0.2, -0.15) is 4.31 Å². The molecule has 2 aromatic rings. The Hall–Kier alpha value is -2.32. The van der Waals surface area contributed by atoms with E-state index in [0.717, 1.165) is 37.9 Å².